The highest BCUT2D eigenvalue weighted by molar-refractivity contribution is 6.33. The fourth-order valence-corrected chi connectivity index (χ4v) is 2.82. The van der Waals surface area contributed by atoms with Crippen molar-refractivity contribution in [2.45, 2.75) is 20.8 Å². The number of amides is 1. The Morgan fingerprint density at radius 3 is 2.63 bits per heavy atom. The molecule has 0 radical (unpaired) electrons. The molecule has 7 nitrogen and oxygen atoms in total. The first-order chi connectivity index (χ1) is 13.0. The van der Waals surface area contributed by atoms with Crippen molar-refractivity contribution in [2.75, 3.05) is 18.4 Å². The number of nitrogens with one attached hydrogen (secondary N) is 2. The summed E-state index contributed by atoms with van der Waals surface area (Å²) in [6, 6.07) is 8.82. The SMILES string of the molecule is Cc1nc(NCCNC(=O)c2ccccc2Cl)cc(-n2cnc(C)c2C)n1. The number of aryl methyl sites for hydroxylation is 2. The third kappa shape index (κ3) is 4.43. The Morgan fingerprint density at radius 1 is 1.15 bits per heavy atom. The van der Waals surface area contributed by atoms with Crippen molar-refractivity contribution in [1.29, 1.82) is 0 Å². The zero-order valence-corrected chi connectivity index (χ0v) is 16.2. The molecule has 0 aliphatic carbocycles. The molecule has 3 rings (SSSR count). The van der Waals surface area contributed by atoms with E-state index in [1.807, 2.05) is 31.4 Å². The van der Waals surface area contributed by atoms with E-state index < -0.39 is 0 Å². The highest BCUT2D eigenvalue weighted by Gasteiger charge is 2.10. The van der Waals surface area contributed by atoms with Crippen molar-refractivity contribution in [3.63, 3.8) is 0 Å². The van der Waals surface area contributed by atoms with Crippen molar-refractivity contribution < 1.29 is 4.79 Å². The van der Waals surface area contributed by atoms with Crippen LogP contribution >= 0.6 is 11.6 Å². The first-order valence-corrected chi connectivity index (χ1v) is 8.96. The van der Waals surface area contributed by atoms with Crippen LogP contribution in [0.25, 0.3) is 5.82 Å². The number of hydrogen-bond acceptors (Lipinski definition) is 5. The molecule has 0 aliphatic rings. The number of carbonyl (C=O) groups excluding carboxylic acids is 1. The smallest absolute Gasteiger partial charge is 0.252 e. The van der Waals surface area contributed by atoms with E-state index in [1.54, 1.807) is 30.6 Å². The molecule has 2 N–H and O–H groups in total. The van der Waals surface area contributed by atoms with Crippen LogP contribution in [0, 0.1) is 20.8 Å². The molecule has 1 amide bonds. The summed E-state index contributed by atoms with van der Waals surface area (Å²) in [5.74, 6) is 1.89. The van der Waals surface area contributed by atoms with Crippen LogP contribution in [0.5, 0.6) is 0 Å². The number of hydrogen-bond donors (Lipinski definition) is 2. The molecule has 27 heavy (non-hydrogen) atoms. The molecule has 8 heteroatoms. The molecular formula is C19H21ClN6O. The topological polar surface area (TPSA) is 84.7 Å². The average molecular weight is 385 g/mol. The van der Waals surface area contributed by atoms with Crippen LogP contribution in [0.2, 0.25) is 5.02 Å². The van der Waals surface area contributed by atoms with E-state index in [1.165, 1.54) is 0 Å². The number of aromatic nitrogens is 4. The van der Waals surface area contributed by atoms with Crippen molar-refractivity contribution in [1.82, 2.24) is 24.8 Å². The van der Waals surface area contributed by atoms with Crippen LogP contribution in [-0.2, 0) is 0 Å². The zero-order chi connectivity index (χ0) is 19.4. The first-order valence-electron chi connectivity index (χ1n) is 8.59. The van der Waals surface area contributed by atoms with Gasteiger partial charge in [0, 0.05) is 24.8 Å². The molecule has 140 valence electrons. The van der Waals surface area contributed by atoms with Gasteiger partial charge >= 0.3 is 0 Å². The van der Waals surface area contributed by atoms with Gasteiger partial charge in [0.2, 0.25) is 0 Å². The normalized spacial score (nSPS) is 10.7. The van der Waals surface area contributed by atoms with Crippen LogP contribution < -0.4 is 10.6 Å². The molecule has 0 atom stereocenters. The largest absolute Gasteiger partial charge is 0.368 e. The fourth-order valence-electron chi connectivity index (χ4n) is 2.60. The third-order valence-electron chi connectivity index (χ3n) is 4.16. The lowest BCUT2D eigenvalue weighted by molar-refractivity contribution is 0.0955. The van der Waals surface area contributed by atoms with Crippen molar-refractivity contribution in [3.05, 3.63) is 64.5 Å². The Labute approximate surface area is 162 Å². The minimum absolute atomic E-state index is 0.202. The monoisotopic (exact) mass is 384 g/mol. The van der Waals surface area contributed by atoms with E-state index in [-0.39, 0.29) is 5.91 Å². The van der Waals surface area contributed by atoms with E-state index in [9.17, 15) is 4.79 Å². The number of imidazole rings is 1. The Balaban J connectivity index is 1.61. The second-order valence-corrected chi connectivity index (χ2v) is 6.51. The van der Waals surface area contributed by atoms with Gasteiger partial charge in [-0.05, 0) is 32.9 Å². The Bertz CT molecular complexity index is 969. The van der Waals surface area contributed by atoms with E-state index >= 15 is 0 Å². The van der Waals surface area contributed by atoms with Crippen LogP contribution in [0.3, 0.4) is 0 Å². The Morgan fingerprint density at radius 2 is 1.93 bits per heavy atom. The molecule has 0 spiro atoms. The van der Waals surface area contributed by atoms with Crippen molar-refractivity contribution >= 4 is 23.3 Å². The highest BCUT2D eigenvalue weighted by Crippen LogP contribution is 2.16. The molecule has 0 bridgehead atoms. The molecule has 0 unspecified atom stereocenters. The molecule has 0 saturated heterocycles. The van der Waals surface area contributed by atoms with E-state index in [2.05, 4.69) is 25.6 Å². The van der Waals surface area contributed by atoms with E-state index in [4.69, 9.17) is 11.6 Å². The zero-order valence-electron chi connectivity index (χ0n) is 15.5. The summed E-state index contributed by atoms with van der Waals surface area (Å²) in [6.45, 7) is 6.75. The molecule has 0 aliphatic heterocycles. The maximum atomic E-state index is 12.2. The van der Waals surface area contributed by atoms with Gasteiger partial charge in [0.25, 0.3) is 5.91 Å². The number of anilines is 1. The lowest BCUT2D eigenvalue weighted by Crippen LogP contribution is -2.29. The van der Waals surface area contributed by atoms with Gasteiger partial charge in [0.1, 0.15) is 23.8 Å². The maximum Gasteiger partial charge on any atom is 0.252 e. The Kier molecular flexibility index (Phi) is 5.71. The van der Waals surface area contributed by atoms with Gasteiger partial charge < -0.3 is 10.6 Å². The summed E-state index contributed by atoms with van der Waals surface area (Å²) in [6.07, 6.45) is 1.75. The Hall–Kier alpha value is -2.93. The second kappa shape index (κ2) is 8.18. The predicted octanol–water partition coefficient (Wildman–Crippen LogP) is 3.08. The number of rotatable bonds is 6. The molecule has 2 aromatic heterocycles. The van der Waals surface area contributed by atoms with Crippen LogP contribution in [-0.4, -0.2) is 38.5 Å². The average Bonchev–Trinajstić information content (AvgIpc) is 2.97. The van der Waals surface area contributed by atoms with Gasteiger partial charge in [0.05, 0.1) is 16.3 Å². The van der Waals surface area contributed by atoms with Crippen LogP contribution in [0.15, 0.2) is 36.7 Å². The minimum Gasteiger partial charge on any atom is -0.368 e. The first kappa shape index (κ1) is 18.8. The summed E-state index contributed by atoms with van der Waals surface area (Å²) >= 11 is 6.03. The number of nitrogens with zero attached hydrogens (tertiary/aromatic N) is 4. The lowest BCUT2D eigenvalue weighted by Gasteiger charge is -2.11. The van der Waals surface area contributed by atoms with Gasteiger partial charge in [-0.3, -0.25) is 9.36 Å². The third-order valence-corrected chi connectivity index (χ3v) is 4.49. The fraction of sp³-hybridized carbons (Fsp3) is 0.263. The van der Waals surface area contributed by atoms with Gasteiger partial charge in [-0.2, -0.15) is 0 Å². The summed E-state index contributed by atoms with van der Waals surface area (Å²) in [7, 11) is 0. The van der Waals surface area contributed by atoms with Crippen molar-refractivity contribution in [2.24, 2.45) is 0 Å². The minimum atomic E-state index is -0.202. The second-order valence-electron chi connectivity index (χ2n) is 6.11. The van der Waals surface area contributed by atoms with Crippen LogP contribution in [0.4, 0.5) is 5.82 Å². The molecular weight excluding hydrogens is 364 g/mol. The summed E-state index contributed by atoms with van der Waals surface area (Å²) < 4.78 is 1.92. The predicted molar refractivity (Wildman–Crippen MR) is 106 cm³/mol. The molecule has 0 saturated carbocycles. The molecule has 3 aromatic rings. The summed E-state index contributed by atoms with van der Waals surface area (Å²) in [5, 5.41) is 6.48. The van der Waals surface area contributed by atoms with Gasteiger partial charge in [-0.15, -0.1) is 0 Å². The van der Waals surface area contributed by atoms with Gasteiger partial charge in [0.15, 0.2) is 0 Å². The number of benzene rings is 1. The van der Waals surface area contributed by atoms with Gasteiger partial charge in [-0.1, -0.05) is 23.7 Å². The number of halogens is 1. The standard InChI is InChI=1S/C19H21ClN6O/c1-12-13(2)26(11-23-12)18-10-17(24-14(3)25-18)21-8-9-22-19(27)15-6-4-5-7-16(15)20/h4-7,10-11H,8-9H2,1-3H3,(H,22,27)(H,21,24,25). The van der Waals surface area contributed by atoms with E-state index in [0.717, 1.165) is 17.2 Å². The number of carbonyl (C=O) groups is 1. The molecule has 0 fully saturated rings. The van der Waals surface area contributed by atoms with Crippen molar-refractivity contribution in [3.8, 4) is 5.82 Å². The van der Waals surface area contributed by atoms with Crippen LogP contribution in [0.1, 0.15) is 27.6 Å². The quantitative estimate of drug-likeness (QED) is 0.638. The highest BCUT2D eigenvalue weighted by atomic mass is 35.5. The van der Waals surface area contributed by atoms with E-state index in [0.29, 0.717) is 35.3 Å². The molecule has 2 heterocycles. The molecule has 1 aromatic carbocycles. The van der Waals surface area contributed by atoms with Gasteiger partial charge in [-0.25, -0.2) is 15.0 Å². The maximum absolute atomic E-state index is 12.2. The lowest BCUT2D eigenvalue weighted by atomic mass is 10.2. The summed E-state index contributed by atoms with van der Waals surface area (Å²) in [5.41, 5.74) is 2.46. The summed E-state index contributed by atoms with van der Waals surface area (Å²) in [4.78, 5) is 25.3.